The number of methoxy groups -OCH3 is 1. The van der Waals surface area contributed by atoms with Gasteiger partial charge in [0, 0.05) is 0 Å². The highest BCUT2D eigenvalue weighted by molar-refractivity contribution is 5.88. The number of rotatable bonds is 3. The predicted octanol–water partition coefficient (Wildman–Crippen LogP) is 1.58. The average molecular weight is 261 g/mol. The van der Waals surface area contributed by atoms with Crippen molar-refractivity contribution < 1.29 is 27.5 Å². The van der Waals surface area contributed by atoms with E-state index in [1.165, 1.54) is 24.3 Å². The first-order chi connectivity index (χ1) is 8.36. The van der Waals surface area contributed by atoms with Gasteiger partial charge in [0.25, 0.3) is 0 Å². The summed E-state index contributed by atoms with van der Waals surface area (Å²) in [5.41, 5.74) is 0.210. The summed E-state index contributed by atoms with van der Waals surface area (Å²) in [5.74, 6) is -3.17. The Morgan fingerprint density at radius 1 is 1.22 bits per heavy atom. The van der Waals surface area contributed by atoms with Crippen molar-refractivity contribution in [3.05, 3.63) is 35.9 Å². The number of esters is 1. The van der Waals surface area contributed by atoms with Crippen molar-refractivity contribution in [2.24, 2.45) is 0 Å². The van der Waals surface area contributed by atoms with Crippen molar-refractivity contribution in [3.8, 4) is 0 Å². The quantitative estimate of drug-likeness (QED) is 0.840. The molecule has 4 nitrogen and oxygen atoms in total. The second-order valence-electron chi connectivity index (χ2n) is 3.34. The van der Waals surface area contributed by atoms with Crippen molar-refractivity contribution in [3.63, 3.8) is 0 Å². The van der Waals surface area contributed by atoms with Crippen LogP contribution in [0.15, 0.2) is 30.3 Å². The van der Waals surface area contributed by atoms with Gasteiger partial charge in [0.2, 0.25) is 0 Å². The summed E-state index contributed by atoms with van der Waals surface area (Å²) in [4.78, 5) is 22.2. The number of nitrogens with one attached hydrogen (secondary N) is 1. The van der Waals surface area contributed by atoms with Gasteiger partial charge in [0.1, 0.15) is 0 Å². The number of hydrogen-bond donors (Lipinski definition) is 1. The number of amides is 1. The zero-order valence-corrected chi connectivity index (χ0v) is 9.32. The predicted molar refractivity (Wildman–Crippen MR) is 55.4 cm³/mol. The molecule has 0 unspecified atom stereocenters. The molecule has 0 aliphatic carbocycles. The number of benzene rings is 1. The van der Waals surface area contributed by atoms with Crippen molar-refractivity contribution in [1.29, 1.82) is 0 Å². The van der Waals surface area contributed by atoms with E-state index in [2.05, 4.69) is 4.74 Å². The lowest BCUT2D eigenvalue weighted by molar-refractivity contribution is -0.175. The molecule has 0 bridgehead atoms. The van der Waals surface area contributed by atoms with Crippen molar-refractivity contribution in [2.45, 2.75) is 12.2 Å². The summed E-state index contributed by atoms with van der Waals surface area (Å²) in [5, 5.41) is 1.59. The Hall–Kier alpha value is -2.05. The summed E-state index contributed by atoms with van der Waals surface area (Å²) < 4.78 is 40.7. The van der Waals surface area contributed by atoms with E-state index >= 15 is 0 Å². The van der Waals surface area contributed by atoms with E-state index < -0.39 is 24.1 Å². The third kappa shape index (κ3) is 3.47. The molecule has 0 spiro atoms. The Bertz CT molecular complexity index is 431. The first kappa shape index (κ1) is 14.0. The molecule has 7 heteroatoms. The zero-order chi connectivity index (χ0) is 13.8. The third-order valence-electron chi connectivity index (χ3n) is 2.10. The molecule has 0 fully saturated rings. The van der Waals surface area contributed by atoms with Crippen molar-refractivity contribution >= 4 is 11.9 Å². The van der Waals surface area contributed by atoms with Crippen LogP contribution in [-0.4, -0.2) is 25.2 Å². The second kappa shape index (κ2) is 5.52. The SMILES string of the molecule is COC(=O)[C@@H](NC(=O)C(F)(F)F)c1ccccc1. The van der Waals surface area contributed by atoms with Crippen LogP contribution in [0.5, 0.6) is 0 Å². The summed E-state index contributed by atoms with van der Waals surface area (Å²) in [6.45, 7) is 0. The highest BCUT2D eigenvalue weighted by Gasteiger charge is 2.41. The normalized spacial score (nSPS) is 12.7. The smallest absolute Gasteiger partial charge is 0.467 e. The van der Waals surface area contributed by atoms with E-state index in [4.69, 9.17) is 0 Å². The number of hydrogen-bond acceptors (Lipinski definition) is 3. The standard InChI is InChI=1S/C11H10F3NO3/c1-18-9(16)8(7-5-3-2-4-6-7)15-10(17)11(12,13)14/h2-6,8H,1H3,(H,15,17)/t8-/m0/s1. The maximum Gasteiger partial charge on any atom is 0.471 e. The van der Waals surface area contributed by atoms with E-state index in [0.717, 1.165) is 7.11 Å². The minimum absolute atomic E-state index is 0.210. The van der Waals surface area contributed by atoms with Gasteiger partial charge in [-0.25, -0.2) is 4.79 Å². The minimum Gasteiger partial charge on any atom is -0.467 e. The van der Waals surface area contributed by atoms with E-state index in [1.807, 2.05) is 0 Å². The van der Waals surface area contributed by atoms with Gasteiger partial charge < -0.3 is 10.1 Å². The molecule has 0 aromatic heterocycles. The molecule has 1 aromatic carbocycles. The first-order valence-corrected chi connectivity index (χ1v) is 4.86. The van der Waals surface area contributed by atoms with Crippen LogP contribution in [0.25, 0.3) is 0 Å². The lowest BCUT2D eigenvalue weighted by Gasteiger charge is -2.17. The van der Waals surface area contributed by atoms with Gasteiger partial charge in [-0.1, -0.05) is 30.3 Å². The van der Waals surface area contributed by atoms with Crippen molar-refractivity contribution in [2.75, 3.05) is 7.11 Å². The Labute approximate surface area is 101 Å². The fraction of sp³-hybridized carbons (Fsp3) is 0.273. The molecule has 1 N–H and O–H groups in total. The number of carbonyl (C=O) groups is 2. The molecule has 0 radical (unpaired) electrons. The van der Waals surface area contributed by atoms with Crippen LogP contribution in [0.3, 0.4) is 0 Å². The van der Waals surface area contributed by atoms with Crippen molar-refractivity contribution in [1.82, 2.24) is 5.32 Å². The molecule has 0 saturated heterocycles. The molecule has 1 amide bonds. The first-order valence-electron chi connectivity index (χ1n) is 4.86. The minimum atomic E-state index is -5.05. The summed E-state index contributed by atoms with van der Waals surface area (Å²) in [6, 6.07) is 6.04. The highest BCUT2D eigenvalue weighted by Crippen LogP contribution is 2.19. The number of alkyl halides is 3. The van der Waals surface area contributed by atoms with E-state index in [9.17, 15) is 22.8 Å². The molecule has 0 heterocycles. The topological polar surface area (TPSA) is 55.4 Å². The number of halogens is 3. The Kier molecular flexibility index (Phi) is 4.30. The van der Waals surface area contributed by atoms with Crippen LogP contribution in [0.2, 0.25) is 0 Å². The summed E-state index contributed by atoms with van der Waals surface area (Å²) in [6.07, 6.45) is -5.05. The fourth-order valence-electron chi connectivity index (χ4n) is 1.25. The Morgan fingerprint density at radius 3 is 2.22 bits per heavy atom. The van der Waals surface area contributed by atoms with Crippen LogP contribution in [0, 0.1) is 0 Å². The zero-order valence-electron chi connectivity index (χ0n) is 9.32. The van der Waals surface area contributed by atoms with E-state index in [1.54, 1.807) is 11.4 Å². The maximum atomic E-state index is 12.1. The largest absolute Gasteiger partial charge is 0.471 e. The fourth-order valence-corrected chi connectivity index (χ4v) is 1.25. The van der Waals surface area contributed by atoms with Gasteiger partial charge in [-0.3, -0.25) is 4.79 Å². The highest BCUT2D eigenvalue weighted by atomic mass is 19.4. The molecule has 0 aliphatic heterocycles. The van der Waals surface area contributed by atoms with Crippen LogP contribution in [0.4, 0.5) is 13.2 Å². The molecule has 0 aliphatic rings. The van der Waals surface area contributed by atoms with Gasteiger partial charge in [0.05, 0.1) is 7.11 Å². The van der Waals surface area contributed by atoms with Crippen LogP contribution < -0.4 is 5.32 Å². The monoisotopic (exact) mass is 261 g/mol. The van der Waals surface area contributed by atoms with Crippen LogP contribution in [-0.2, 0) is 14.3 Å². The van der Waals surface area contributed by atoms with Gasteiger partial charge in [0.15, 0.2) is 6.04 Å². The molecular weight excluding hydrogens is 251 g/mol. The molecule has 98 valence electrons. The molecular formula is C11H10F3NO3. The molecule has 0 saturated carbocycles. The second-order valence-corrected chi connectivity index (χ2v) is 3.34. The van der Waals surface area contributed by atoms with Crippen LogP contribution in [0.1, 0.15) is 11.6 Å². The maximum absolute atomic E-state index is 12.1. The van der Waals surface area contributed by atoms with E-state index in [0.29, 0.717) is 0 Å². The molecule has 1 atom stereocenters. The number of ether oxygens (including phenoxy) is 1. The van der Waals surface area contributed by atoms with Crippen LogP contribution >= 0.6 is 0 Å². The van der Waals surface area contributed by atoms with E-state index in [-0.39, 0.29) is 5.56 Å². The average Bonchev–Trinajstić information content (AvgIpc) is 2.34. The van der Waals surface area contributed by atoms with Gasteiger partial charge in [-0.15, -0.1) is 0 Å². The van der Waals surface area contributed by atoms with Gasteiger partial charge in [-0.2, -0.15) is 13.2 Å². The molecule has 18 heavy (non-hydrogen) atoms. The lowest BCUT2D eigenvalue weighted by Crippen LogP contribution is -2.42. The van der Waals surface area contributed by atoms with Gasteiger partial charge >= 0.3 is 18.1 Å². The van der Waals surface area contributed by atoms with Gasteiger partial charge in [-0.05, 0) is 5.56 Å². The number of carbonyl (C=O) groups excluding carboxylic acids is 2. The summed E-state index contributed by atoms with van der Waals surface area (Å²) in [7, 11) is 1.03. The molecule has 1 aromatic rings. The Balaban J connectivity index is 2.95. The third-order valence-corrected chi connectivity index (χ3v) is 2.10. The Morgan fingerprint density at radius 2 is 1.78 bits per heavy atom. The molecule has 1 rings (SSSR count). The summed E-state index contributed by atoms with van der Waals surface area (Å²) >= 11 is 0. The lowest BCUT2D eigenvalue weighted by atomic mass is 10.1.